The Morgan fingerprint density at radius 3 is 2.44 bits per heavy atom. The minimum Gasteiger partial charge on any atom is -0.348 e. The van der Waals surface area contributed by atoms with Gasteiger partial charge in [-0.1, -0.05) is 23.2 Å². The highest BCUT2D eigenvalue weighted by Gasteiger charge is 2.21. The molecule has 1 aromatic heterocycles. The lowest BCUT2D eigenvalue weighted by Crippen LogP contribution is -2.43. The van der Waals surface area contributed by atoms with Crippen molar-refractivity contribution in [3.63, 3.8) is 0 Å². The molecular weight excluding hydrogens is 365 g/mol. The molecule has 25 heavy (non-hydrogen) atoms. The Kier molecular flexibility index (Phi) is 5.57. The first-order valence-corrected chi connectivity index (χ1v) is 8.61. The van der Waals surface area contributed by atoms with E-state index in [1.54, 1.807) is 0 Å². The highest BCUT2D eigenvalue weighted by molar-refractivity contribution is 6.35. The van der Waals surface area contributed by atoms with Crippen molar-refractivity contribution < 1.29 is 9.59 Å². The lowest BCUT2D eigenvalue weighted by molar-refractivity contribution is 0.0925. The Morgan fingerprint density at radius 2 is 1.76 bits per heavy atom. The molecule has 7 nitrogen and oxygen atoms in total. The summed E-state index contributed by atoms with van der Waals surface area (Å²) in [6, 6.07) is 4.64. The van der Waals surface area contributed by atoms with E-state index in [9.17, 15) is 9.59 Å². The summed E-state index contributed by atoms with van der Waals surface area (Å²) in [5, 5.41) is 16.0. The van der Waals surface area contributed by atoms with Gasteiger partial charge < -0.3 is 16.0 Å². The van der Waals surface area contributed by atoms with E-state index in [1.165, 1.54) is 24.4 Å². The second-order valence-electron chi connectivity index (χ2n) is 5.77. The summed E-state index contributed by atoms with van der Waals surface area (Å²) in [4.78, 5) is 24.8. The zero-order chi connectivity index (χ0) is 17.8. The molecule has 0 spiro atoms. The molecule has 1 aliphatic heterocycles. The van der Waals surface area contributed by atoms with Crippen molar-refractivity contribution in [2.24, 2.45) is 0 Å². The maximum absolute atomic E-state index is 12.4. The maximum atomic E-state index is 12.4. The largest absolute Gasteiger partial charge is 0.348 e. The predicted octanol–water partition coefficient (Wildman–Crippen LogP) is 2.45. The van der Waals surface area contributed by atoms with Gasteiger partial charge in [0.15, 0.2) is 0 Å². The van der Waals surface area contributed by atoms with E-state index < -0.39 is 5.91 Å². The van der Waals surface area contributed by atoms with Gasteiger partial charge >= 0.3 is 0 Å². The topological polar surface area (TPSA) is 98.9 Å². The van der Waals surface area contributed by atoms with Gasteiger partial charge in [0, 0.05) is 21.7 Å². The molecule has 4 N–H and O–H groups in total. The molecule has 0 unspecified atom stereocenters. The number of carbonyl (C=O) groups is 2. The van der Waals surface area contributed by atoms with Crippen molar-refractivity contribution >= 4 is 40.7 Å². The number of rotatable bonds is 4. The number of amides is 2. The minimum absolute atomic E-state index is 0.104. The molecule has 0 radical (unpaired) electrons. The summed E-state index contributed by atoms with van der Waals surface area (Å²) < 4.78 is 0. The second-order valence-corrected chi connectivity index (χ2v) is 6.64. The predicted molar refractivity (Wildman–Crippen MR) is 96.4 cm³/mol. The molecule has 2 amide bonds. The first kappa shape index (κ1) is 17.7. The number of piperidine rings is 1. The molecule has 0 saturated carbocycles. The van der Waals surface area contributed by atoms with Crippen molar-refractivity contribution in [3.05, 3.63) is 45.7 Å². The molecule has 2 aromatic rings. The fraction of sp³-hybridized carbons (Fsp3) is 0.312. The highest BCUT2D eigenvalue weighted by Crippen LogP contribution is 2.21. The second kappa shape index (κ2) is 7.86. The van der Waals surface area contributed by atoms with Crippen molar-refractivity contribution in [2.75, 3.05) is 18.4 Å². The third kappa shape index (κ3) is 4.50. The Morgan fingerprint density at radius 1 is 1.08 bits per heavy atom. The molecule has 1 saturated heterocycles. The number of hydrogen-bond donors (Lipinski definition) is 4. The summed E-state index contributed by atoms with van der Waals surface area (Å²) in [5.41, 5.74) is 0.802. The first-order chi connectivity index (χ1) is 12.0. The van der Waals surface area contributed by atoms with E-state index in [1.807, 2.05) is 0 Å². The van der Waals surface area contributed by atoms with E-state index in [2.05, 4.69) is 26.1 Å². The maximum Gasteiger partial charge on any atom is 0.271 e. The van der Waals surface area contributed by atoms with Crippen molar-refractivity contribution in [1.82, 2.24) is 20.8 Å². The van der Waals surface area contributed by atoms with Gasteiger partial charge in [-0.2, -0.15) is 5.10 Å². The van der Waals surface area contributed by atoms with Crippen LogP contribution in [0.5, 0.6) is 0 Å². The van der Waals surface area contributed by atoms with Crippen LogP contribution in [0.15, 0.2) is 24.4 Å². The van der Waals surface area contributed by atoms with Crippen LogP contribution in [0.1, 0.15) is 33.7 Å². The monoisotopic (exact) mass is 381 g/mol. The Labute approximate surface area is 154 Å². The quantitative estimate of drug-likeness (QED) is 0.653. The van der Waals surface area contributed by atoms with Crippen molar-refractivity contribution in [2.45, 2.75) is 18.9 Å². The van der Waals surface area contributed by atoms with Crippen molar-refractivity contribution in [3.8, 4) is 0 Å². The molecule has 2 heterocycles. The zero-order valence-electron chi connectivity index (χ0n) is 13.2. The van der Waals surface area contributed by atoms with Crippen LogP contribution in [0, 0.1) is 0 Å². The van der Waals surface area contributed by atoms with E-state index in [-0.39, 0.29) is 17.6 Å². The van der Waals surface area contributed by atoms with E-state index in [4.69, 9.17) is 23.2 Å². The molecule has 1 aromatic carbocycles. The van der Waals surface area contributed by atoms with Gasteiger partial charge in [0.25, 0.3) is 11.8 Å². The lowest BCUT2D eigenvalue weighted by Gasteiger charge is -2.23. The minimum atomic E-state index is -0.429. The van der Waals surface area contributed by atoms with Crippen LogP contribution < -0.4 is 16.0 Å². The number of aromatic amines is 1. The summed E-state index contributed by atoms with van der Waals surface area (Å²) in [6.07, 6.45) is 3.12. The van der Waals surface area contributed by atoms with Gasteiger partial charge in [0.2, 0.25) is 0 Å². The molecule has 9 heteroatoms. The third-order valence-electron chi connectivity index (χ3n) is 3.91. The van der Waals surface area contributed by atoms with Crippen LogP contribution in [0.25, 0.3) is 0 Å². The average molecular weight is 382 g/mol. The number of benzene rings is 1. The lowest BCUT2D eigenvalue weighted by atomic mass is 10.1. The number of nitrogens with zero attached hydrogens (tertiary/aromatic N) is 1. The number of halogens is 2. The van der Waals surface area contributed by atoms with Gasteiger partial charge in [-0.15, -0.1) is 0 Å². The molecule has 132 valence electrons. The number of carbonyl (C=O) groups excluding carboxylic acids is 2. The Bertz CT molecular complexity index is 766. The summed E-state index contributed by atoms with van der Waals surface area (Å²) in [6.45, 7) is 1.74. The van der Waals surface area contributed by atoms with Crippen LogP contribution in [0.4, 0.5) is 5.69 Å². The van der Waals surface area contributed by atoms with Crippen LogP contribution >= 0.6 is 23.2 Å². The average Bonchev–Trinajstić information content (AvgIpc) is 3.03. The number of hydrogen-bond acceptors (Lipinski definition) is 4. The van der Waals surface area contributed by atoms with Gasteiger partial charge in [0.05, 0.1) is 11.9 Å². The SMILES string of the molecule is O=C(Nc1cn[nH]c1C(=O)NC1CCNCC1)c1cc(Cl)cc(Cl)c1. The molecule has 1 aliphatic rings. The van der Waals surface area contributed by atoms with E-state index in [0.717, 1.165) is 25.9 Å². The molecule has 0 bridgehead atoms. The number of aromatic nitrogens is 2. The van der Waals surface area contributed by atoms with Crippen LogP contribution in [-0.4, -0.2) is 41.1 Å². The number of anilines is 1. The van der Waals surface area contributed by atoms with Crippen LogP contribution in [0.3, 0.4) is 0 Å². The normalized spacial score (nSPS) is 15.0. The fourth-order valence-electron chi connectivity index (χ4n) is 2.66. The molecule has 0 aliphatic carbocycles. The summed E-state index contributed by atoms with van der Waals surface area (Å²) in [7, 11) is 0. The van der Waals surface area contributed by atoms with E-state index in [0.29, 0.717) is 21.3 Å². The van der Waals surface area contributed by atoms with Gasteiger partial charge in [-0.05, 0) is 44.1 Å². The molecule has 0 atom stereocenters. The summed E-state index contributed by atoms with van der Waals surface area (Å²) >= 11 is 11.8. The number of nitrogens with one attached hydrogen (secondary N) is 4. The van der Waals surface area contributed by atoms with E-state index >= 15 is 0 Å². The van der Waals surface area contributed by atoms with Crippen LogP contribution in [0.2, 0.25) is 10.0 Å². The van der Waals surface area contributed by atoms with Crippen LogP contribution in [-0.2, 0) is 0 Å². The molecular formula is C16H17Cl2N5O2. The zero-order valence-corrected chi connectivity index (χ0v) is 14.7. The van der Waals surface area contributed by atoms with Gasteiger partial charge in [-0.3, -0.25) is 14.7 Å². The molecule has 3 rings (SSSR count). The third-order valence-corrected chi connectivity index (χ3v) is 4.35. The summed E-state index contributed by atoms with van der Waals surface area (Å²) in [5.74, 6) is -0.731. The standard InChI is InChI=1S/C16H17Cl2N5O2/c17-10-5-9(6-11(18)7-10)15(24)22-13-8-20-23-14(13)16(25)21-12-1-3-19-4-2-12/h5-8,12,19H,1-4H2,(H,20,23)(H,21,25)(H,22,24). The fourth-order valence-corrected chi connectivity index (χ4v) is 3.18. The highest BCUT2D eigenvalue weighted by atomic mass is 35.5. The Balaban J connectivity index is 1.70. The van der Waals surface area contributed by atoms with Gasteiger partial charge in [-0.25, -0.2) is 0 Å². The van der Waals surface area contributed by atoms with Crippen molar-refractivity contribution in [1.29, 1.82) is 0 Å². The molecule has 1 fully saturated rings. The van der Waals surface area contributed by atoms with Gasteiger partial charge in [0.1, 0.15) is 5.69 Å². The Hall–Kier alpha value is -2.09. The number of H-pyrrole nitrogens is 1. The smallest absolute Gasteiger partial charge is 0.271 e. The first-order valence-electron chi connectivity index (χ1n) is 7.85.